The smallest absolute Gasteiger partial charge is 0.326 e. The summed E-state index contributed by atoms with van der Waals surface area (Å²) < 4.78 is 10.3. The molecule has 0 unspecified atom stereocenters. The quantitative estimate of drug-likeness (QED) is 0.440. The van der Waals surface area contributed by atoms with Crippen molar-refractivity contribution in [3.63, 3.8) is 0 Å². The zero-order chi connectivity index (χ0) is 21.1. The number of methoxy groups -OCH3 is 1. The molecule has 1 aromatic carbocycles. The first-order valence-electron chi connectivity index (χ1n) is 8.53. The van der Waals surface area contributed by atoms with Crippen molar-refractivity contribution in [1.82, 2.24) is 4.90 Å². The Morgan fingerprint density at radius 2 is 2.00 bits per heavy atom. The average molecular weight is 405 g/mol. The lowest BCUT2D eigenvalue weighted by molar-refractivity contribution is -0.156. The van der Waals surface area contributed by atoms with Gasteiger partial charge >= 0.3 is 5.97 Å². The number of esters is 1. The van der Waals surface area contributed by atoms with Crippen LogP contribution in [0.4, 0.5) is 4.79 Å². The maximum Gasteiger partial charge on any atom is 0.326 e. The summed E-state index contributed by atoms with van der Waals surface area (Å²) in [6.45, 7) is 8.32. The lowest BCUT2D eigenvalue weighted by Crippen LogP contribution is -2.37. The van der Waals surface area contributed by atoms with Crippen molar-refractivity contribution in [2.75, 3.05) is 13.7 Å². The number of hydrogen-bond acceptors (Lipinski definition) is 7. The van der Waals surface area contributed by atoms with Crippen LogP contribution in [0.15, 0.2) is 29.7 Å². The molecule has 2 amide bonds. The van der Waals surface area contributed by atoms with E-state index >= 15 is 0 Å². The highest BCUT2D eigenvalue weighted by molar-refractivity contribution is 8.18. The van der Waals surface area contributed by atoms with E-state index in [2.05, 4.69) is 6.58 Å². The van der Waals surface area contributed by atoms with Gasteiger partial charge in [-0.3, -0.25) is 19.3 Å². The Balaban J connectivity index is 2.27. The number of nitrogens with zero attached hydrogens (tertiary/aromatic N) is 1. The minimum Gasteiger partial charge on any atom is -0.504 e. The molecule has 28 heavy (non-hydrogen) atoms. The number of phenols is 1. The number of carbonyl (C=O) groups excluding carboxylic acids is 3. The molecule has 150 valence electrons. The first-order valence-corrected chi connectivity index (χ1v) is 9.35. The molecule has 0 atom stereocenters. The molecule has 0 bridgehead atoms. The van der Waals surface area contributed by atoms with Crippen LogP contribution < -0.4 is 4.74 Å². The summed E-state index contributed by atoms with van der Waals surface area (Å²) in [7, 11) is 1.42. The summed E-state index contributed by atoms with van der Waals surface area (Å²) in [6, 6.07) is 3.24. The van der Waals surface area contributed by atoms with Crippen LogP contribution in [0.5, 0.6) is 11.5 Å². The van der Waals surface area contributed by atoms with Gasteiger partial charge in [0.2, 0.25) is 0 Å². The van der Waals surface area contributed by atoms with Gasteiger partial charge in [0.15, 0.2) is 11.5 Å². The number of allylic oxidation sites excluding steroid dienone is 1. The van der Waals surface area contributed by atoms with E-state index in [0.717, 1.165) is 16.7 Å². The number of hydrogen-bond donors (Lipinski definition) is 1. The third-order valence-corrected chi connectivity index (χ3v) is 4.55. The lowest BCUT2D eigenvalue weighted by Gasteiger charge is -2.21. The van der Waals surface area contributed by atoms with Crippen molar-refractivity contribution in [1.29, 1.82) is 0 Å². The molecule has 1 aliphatic heterocycles. The third kappa shape index (κ3) is 5.16. The Kier molecular flexibility index (Phi) is 6.56. The standard InChI is InChI=1S/C20H23NO6S/c1-6-7-13-8-12(9-14(26-5)17(13)23)10-15-18(24)21(19(25)28-15)11-16(22)27-20(2,3)4/h6,8-10,23H,1,7,11H2,2-5H3. The maximum absolute atomic E-state index is 12.6. The zero-order valence-electron chi connectivity index (χ0n) is 16.3. The number of aromatic hydroxyl groups is 1. The van der Waals surface area contributed by atoms with Crippen molar-refractivity contribution in [3.8, 4) is 11.5 Å². The molecule has 1 heterocycles. The average Bonchev–Trinajstić information content (AvgIpc) is 2.83. The lowest BCUT2D eigenvalue weighted by atomic mass is 10.1. The van der Waals surface area contributed by atoms with E-state index in [9.17, 15) is 19.5 Å². The van der Waals surface area contributed by atoms with E-state index in [-0.39, 0.29) is 16.4 Å². The van der Waals surface area contributed by atoms with Crippen LogP contribution >= 0.6 is 11.8 Å². The normalized spacial score (nSPS) is 15.9. The first kappa shape index (κ1) is 21.6. The Morgan fingerprint density at radius 3 is 2.57 bits per heavy atom. The van der Waals surface area contributed by atoms with Crippen molar-refractivity contribution in [2.24, 2.45) is 0 Å². The molecule has 7 nitrogen and oxygen atoms in total. The van der Waals surface area contributed by atoms with E-state index in [1.807, 2.05) is 0 Å². The van der Waals surface area contributed by atoms with Crippen LogP contribution in [0.25, 0.3) is 6.08 Å². The van der Waals surface area contributed by atoms with Gasteiger partial charge in [-0.15, -0.1) is 6.58 Å². The van der Waals surface area contributed by atoms with Crippen LogP contribution in [0.1, 0.15) is 31.9 Å². The summed E-state index contributed by atoms with van der Waals surface area (Å²) in [5.41, 5.74) is 0.446. The van der Waals surface area contributed by atoms with Gasteiger partial charge in [-0.25, -0.2) is 0 Å². The highest BCUT2D eigenvalue weighted by atomic mass is 32.2. The second-order valence-corrected chi connectivity index (χ2v) is 8.07. The second-order valence-electron chi connectivity index (χ2n) is 7.08. The molecule has 8 heteroatoms. The van der Waals surface area contributed by atoms with Crippen molar-refractivity contribution in [2.45, 2.75) is 32.8 Å². The largest absolute Gasteiger partial charge is 0.504 e. The molecule has 1 saturated heterocycles. The number of thioether (sulfide) groups is 1. The fraction of sp³-hybridized carbons (Fsp3) is 0.350. The van der Waals surface area contributed by atoms with Crippen LogP contribution in [0, 0.1) is 0 Å². The summed E-state index contributed by atoms with van der Waals surface area (Å²) in [6.07, 6.45) is 3.56. The second kappa shape index (κ2) is 8.52. The van der Waals surface area contributed by atoms with Gasteiger partial charge in [0.25, 0.3) is 11.1 Å². The van der Waals surface area contributed by atoms with E-state index in [4.69, 9.17) is 9.47 Å². The molecule has 0 spiro atoms. The summed E-state index contributed by atoms with van der Waals surface area (Å²) in [5.74, 6) is -0.982. The van der Waals surface area contributed by atoms with E-state index < -0.39 is 29.3 Å². The molecule has 1 fully saturated rings. The number of rotatable bonds is 6. The van der Waals surface area contributed by atoms with Gasteiger partial charge in [0, 0.05) is 5.56 Å². The minimum absolute atomic E-state index is 0.00224. The fourth-order valence-corrected chi connectivity index (χ4v) is 3.37. The number of amides is 2. The van der Waals surface area contributed by atoms with Crippen LogP contribution in [0.3, 0.4) is 0 Å². The van der Waals surface area contributed by atoms with Crippen LogP contribution in [-0.2, 0) is 20.7 Å². The van der Waals surface area contributed by atoms with E-state index in [1.165, 1.54) is 13.2 Å². The fourth-order valence-electron chi connectivity index (χ4n) is 2.53. The van der Waals surface area contributed by atoms with E-state index in [1.54, 1.807) is 39.0 Å². The van der Waals surface area contributed by atoms with Crippen molar-refractivity contribution >= 4 is 35.0 Å². The Hall–Kier alpha value is -2.74. The molecule has 1 aromatic rings. The molecule has 2 rings (SSSR count). The van der Waals surface area contributed by atoms with Gasteiger partial charge < -0.3 is 14.6 Å². The summed E-state index contributed by atoms with van der Waals surface area (Å²) >= 11 is 0.741. The minimum atomic E-state index is -0.709. The molecular formula is C20H23NO6S. The monoisotopic (exact) mass is 405 g/mol. The Bertz CT molecular complexity index is 853. The van der Waals surface area contributed by atoms with Crippen molar-refractivity contribution in [3.05, 3.63) is 40.8 Å². The van der Waals surface area contributed by atoms with Gasteiger partial charge in [0.1, 0.15) is 12.1 Å². The van der Waals surface area contributed by atoms with Gasteiger partial charge in [0.05, 0.1) is 12.0 Å². The molecular weight excluding hydrogens is 382 g/mol. The number of carbonyl (C=O) groups is 3. The first-order chi connectivity index (χ1) is 13.1. The molecule has 0 radical (unpaired) electrons. The predicted octanol–water partition coefficient (Wildman–Crippen LogP) is 3.51. The van der Waals surface area contributed by atoms with Crippen molar-refractivity contribution < 1.29 is 29.0 Å². The van der Waals surface area contributed by atoms with Gasteiger partial charge in [-0.1, -0.05) is 6.08 Å². The Morgan fingerprint density at radius 1 is 1.32 bits per heavy atom. The highest BCUT2D eigenvalue weighted by Gasteiger charge is 2.37. The molecule has 1 aliphatic rings. The number of benzene rings is 1. The van der Waals surface area contributed by atoms with Crippen LogP contribution in [0.2, 0.25) is 0 Å². The third-order valence-electron chi connectivity index (χ3n) is 3.64. The molecule has 1 N–H and O–H groups in total. The number of imide groups is 1. The maximum atomic E-state index is 12.6. The topological polar surface area (TPSA) is 93.1 Å². The van der Waals surface area contributed by atoms with Crippen LogP contribution in [-0.4, -0.2) is 46.4 Å². The highest BCUT2D eigenvalue weighted by Crippen LogP contribution is 2.36. The van der Waals surface area contributed by atoms with Gasteiger partial charge in [-0.05, 0) is 62.7 Å². The molecule has 0 aliphatic carbocycles. The molecule has 0 aromatic heterocycles. The van der Waals surface area contributed by atoms with Gasteiger partial charge in [-0.2, -0.15) is 0 Å². The zero-order valence-corrected chi connectivity index (χ0v) is 17.1. The summed E-state index contributed by atoms with van der Waals surface area (Å²) in [4.78, 5) is 37.7. The Labute approximate surface area is 168 Å². The van der Waals surface area contributed by atoms with E-state index in [0.29, 0.717) is 17.5 Å². The summed E-state index contributed by atoms with van der Waals surface area (Å²) in [5, 5.41) is 9.61. The SMILES string of the molecule is C=CCc1cc(C=C2SC(=O)N(CC(=O)OC(C)(C)C)C2=O)cc(OC)c1O. The number of ether oxygens (including phenoxy) is 2. The number of phenolic OH excluding ortho intramolecular Hbond substituents is 1. The predicted molar refractivity (Wildman–Crippen MR) is 107 cm³/mol. The molecule has 0 saturated carbocycles.